The predicted molar refractivity (Wildman–Crippen MR) is 97.9 cm³/mol. The molecule has 23 heavy (non-hydrogen) atoms. The molecule has 0 unspecified atom stereocenters. The Kier molecular flexibility index (Phi) is 4.96. The van der Waals surface area contributed by atoms with Gasteiger partial charge in [-0.3, -0.25) is 0 Å². The highest BCUT2D eigenvalue weighted by Gasteiger charge is 2.48. The van der Waals surface area contributed by atoms with Gasteiger partial charge in [0.25, 0.3) is 0 Å². The van der Waals surface area contributed by atoms with Crippen LogP contribution in [0.15, 0.2) is 47.4 Å². The van der Waals surface area contributed by atoms with E-state index in [2.05, 4.69) is 33.9 Å². The summed E-state index contributed by atoms with van der Waals surface area (Å²) in [5, 5.41) is 0.0662. The minimum atomic E-state index is -3.43. The van der Waals surface area contributed by atoms with E-state index in [1.54, 1.807) is 24.3 Å². The van der Waals surface area contributed by atoms with E-state index in [9.17, 15) is 8.42 Å². The van der Waals surface area contributed by atoms with E-state index in [-0.39, 0.29) is 11.6 Å². The Bertz CT molecular complexity index is 662. The Morgan fingerprint density at radius 3 is 2.09 bits per heavy atom. The van der Waals surface area contributed by atoms with E-state index < -0.39 is 22.9 Å². The number of rotatable bonds is 5. The quantitative estimate of drug-likeness (QED) is 0.576. The van der Waals surface area contributed by atoms with Crippen molar-refractivity contribution in [2.75, 3.05) is 6.61 Å². The number of hydrogen-bond acceptors (Lipinski definition) is 3. The molecular weight excluding hydrogens is 324 g/mol. The molecule has 0 aliphatic heterocycles. The van der Waals surface area contributed by atoms with E-state index in [0.717, 1.165) is 0 Å². The summed E-state index contributed by atoms with van der Waals surface area (Å²) in [6, 6.07) is 8.75. The van der Waals surface area contributed by atoms with Crippen molar-refractivity contribution in [3.63, 3.8) is 0 Å². The topological polar surface area (TPSA) is 43.4 Å². The summed E-state index contributed by atoms with van der Waals surface area (Å²) < 4.78 is 31.9. The normalized spacial score (nSPS) is 18.3. The van der Waals surface area contributed by atoms with Crippen LogP contribution in [-0.2, 0) is 14.3 Å². The Morgan fingerprint density at radius 2 is 1.61 bits per heavy atom. The molecule has 0 aromatic heterocycles. The van der Waals surface area contributed by atoms with Gasteiger partial charge >= 0.3 is 0 Å². The average molecular weight is 353 g/mol. The maximum absolute atomic E-state index is 13.2. The first kappa shape index (κ1) is 18.4. The summed E-state index contributed by atoms with van der Waals surface area (Å²) in [7, 11) is -5.42. The van der Waals surface area contributed by atoms with Crippen molar-refractivity contribution in [1.82, 2.24) is 0 Å². The molecule has 1 aliphatic rings. The maximum atomic E-state index is 13.2. The molecule has 3 nitrogen and oxygen atoms in total. The molecule has 1 aromatic carbocycles. The zero-order valence-electron chi connectivity index (χ0n) is 14.8. The highest BCUT2D eigenvalue weighted by Crippen LogP contribution is 2.41. The molecular formula is C18H28O3SSi. The lowest BCUT2D eigenvalue weighted by Gasteiger charge is -2.39. The van der Waals surface area contributed by atoms with E-state index in [1.165, 1.54) is 0 Å². The van der Waals surface area contributed by atoms with Crippen molar-refractivity contribution in [2.24, 2.45) is 0 Å². The van der Waals surface area contributed by atoms with Gasteiger partial charge < -0.3 is 4.43 Å². The summed E-state index contributed by atoms with van der Waals surface area (Å²) in [5.74, 6) is 0. The number of hydrogen-bond donors (Lipinski definition) is 0. The maximum Gasteiger partial charge on any atom is 0.192 e. The Morgan fingerprint density at radius 1 is 1.09 bits per heavy atom. The van der Waals surface area contributed by atoms with Gasteiger partial charge in [0.05, 0.1) is 11.5 Å². The lowest BCUT2D eigenvalue weighted by atomic mass is 10.1. The van der Waals surface area contributed by atoms with Crippen LogP contribution in [0, 0.1) is 0 Å². The lowest BCUT2D eigenvalue weighted by molar-refractivity contribution is 0.244. The first-order valence-electron chi connectivity index (χ1n) is 8.11. The molecule has 0 atom stereocenters. The van der Waals surface area contributed by atoms with Crippen LogP contribution in [0.2, 0.25) is 18.1 Å². The second kappa shape index (κ2) is 6.19. The summed E-state index contributed by atoms with van der Waals surface area (Å²) in [6.45, 7) is 11.1. The molecule has 0 fully saturated rings. The van der Waals surface area contributed by atoms with Gasteiger partial charge in [0.2, 0.25) is 0 Å². The molecule has 0 bridgehead atoms. The number of allylic oxidation sites excluding steroid dienone is 2. The number of sulfone groups is 1. The van der Waals surface area contributed by atoms with Gasteiger partial charge in [0.1, 0.15) is 4.75 Å². The van der Waals surface area contributed by atoms with Crippen LogP contribution < -0.4 is 0 Å². The van der Waals surface area contributed by atoms with Gasteiger partial charge in [-0.2, -0.15) is 0 Å². The molecule has 2 rings (SSSR count). The van der Waals surface area contributed by atoms with Crippen molar-refractivity contribution >= 4 is 18.2 Å². The van der Waals surface area contributed by atoms with Crippen LogP contribution in [-0.4, -0.2) is 28.1 Å². The largest absolute Gasteiger partial charge is 0.415 e. The standard InChI is InChI=1S/C18H28O3SSi/c1-17(2,3)23(4,5)21-15-18(13-9-10-14-18)22(19,20)16-11-7-6-8-12-16/h6-12H,13-15H2,1-5H3. The van der Waals surface area contributed by atoms with Crippen LogP contribution in [0.25, 0.3) is 0 Å². The fourth-order valence-corrected chi connectivity index (χ4v) is 5.51. The summed E-state index contributed by atoms with van der Waals surface area (Å²) in [4.78, 5) is 0.391. The van der Waals surface area contributed by atoms with Crippen molar-refractivity contribution in [3.05, 3.63) is 42.5 Å². The van der Waals surface area contributed by atoms with Gasteiger partial charge in [0.15, 0.2) is 18.2 Å². The molecule has 0 heterocycles. The third-order valence-corrected chi connectivity index (χ3v) is 12.2. The predicted octanol–water partition coefficient (Wildman–Crippen LogP) is 4.57. The van der Waals surface area contributed by atoms with Crippen molar-refractivity contribution in [1.29, 1.82) is 0 Å². The fraction of sp³-hybridized carbons (Fsp3) is 0.556. The zero-order valence-corrected chi connectivity index (χ0v) is 16.6. The minimum Gasteiger partial charge on any atom is -0.415 e. The van der Waals surface area contributed by atoms with Crippen LogP contribution in [0.1, 0.15) is 33.6 Å². The van der Waals surface area contributed by atoms with Crippen LogP contribution in [0.3, 0.4) is 0 Å². The Hall–Kier alpha value is -0.913. The van der Waals surface area contributed by atoms with Gasteiger partial charge in [-0.1, -0.05) is 51.1 Å². The van der Waals surface area contributed by atoms with Crippen LogP contribution in [0.5, 0.6) is 0 Å². The molecule has 0 saturated heterocycles. The van der Waals surface area contributed by atoms with Crippen molar-refractivity contribution in [2.45, 2.75) is 61.4 Å². The molecule has 0 amide bonds. The third kappa shape index (κ3) is 3.46. The van der Waals surface area contributed by atoms with E-state index in [1.807, 2.05) is 18.2 Å². The monoisotopic (exact) mass is 352 g/mol. The van der Waals surface area contributed by atoms with Crippen molar-refractivity contribution < 1.29 is 12.8 Å². The molecule has 1 aromatic rings. The van der Waals surface area contributed by atoms with Gasteiger partial charge in [-0.25, -0.2) is 8.42 Å². The zero-order chi connectivity index (χ0) is 17.4. The molecule has 0 spiro atoms. The summed E-state index contributed by atoms with van der Waals surface area (Å²) >= 11 is 0. The van der Waals surface area contributed by atoms with Crippen LogP contribution in [0.4, 0.5) is 0 Å². The Labute approximate surface area is 141 Å². The van der Waals surface area contributed by atoms with E-state index in [4.69, 9.17) is 4.43 Å². The average Bonchev–Trinajstić information content (AvgIpc) is 2.96. The third-order valence-electron chi connectivity index (χ3n) is 5.27. The Balaban J connectivity index is 2.31. The summed E-state index contributed by atoms with van der Waals surface area (Å²) in [5.41, 5.74) is 0. The molecule has 1 aliphatic carbocycles. The van der Waals surface area contributed by atoms with E-state index in [0.29, 0.717) is 17.7 Å². The highest BCUT2D eigenvalue weighted by atomic mass is 32.2. The minimum absolute atomic E-state index is 0.0662. The molecule has 0 N–H and O–H groups in total. The first-order valence-corrected chi connectivity index (χ1v) is 12.5. The fourth-order valence-electron chi connectivity index (χ4n) is 2.47. The van der Waals surface area contributed by atoms with Gasteiger partial charge in [-0.05, 0) is 43.1 Å². The number of benzene rings is 1. The first-order chi connectivity index (χ1) is 10.5. The van der Waals surface area contributed by atoms with Gasteiger partial charge in [-0.15, -0.1) is 0 Å². The summed E-state index contributed by atoms with van der Waals surface area (Å²) in [6.07, 6.45) is 4.99. The highest BCUT2D eigenvalue weighted by molar-refractivity contribution is 7.93. The lowest BCUT2D eigenvalue weighted by Crippen LogP contribution is -2.48. The molecule has 0 radical (unpaired) electrons. The second-order valence-corrected chi connectivity index (χ2v) is 15.1. The molecule has 128 valence electrons. The van der Waals surface area contributed by atoms with Gasteiger partial charge in [0, 0.05) is 0 Å². The smallest absolute Gasteiger partial charge is 0.192 e. The van der Waals surface area contributed by atoms with Crippen molar-refractivity contribution in [3.8, 4) is 0 Å². The SMILES string of the molecule is CC(C)(C)[Si](C)(C)OCC1(S(=O)(=O)c2ccccc2)CC=CC1. The van der Waals surface area contributed by atoms with Crippen LogP contribution >= 0.6 is 0 Å². The van der Waals surface area contributed by atoms with E-state index >= 15 is 0 Å². The molecule has 0 saturated carbocycles. The second-order valence-electron chi connectivity index (χ2n) is 7.93. The molecule has 5 heteroatoms.